The highest BCUT2D eigenvalue weighted by Crippen LogP contribution is 2.37. The van der Waals surface area contributed by atoms with Gasteiger partial charge in [-0.1, -0.05) is 29.8 Å². The lowest BCUT2D eigenvalue weighted by Crippen LogP contribution is -2.29. The lowest BCUT2D eigenvalue weighted by atomic mass is 10.0. The van der Waals surface area contributed by atoms with Crippen LogP contribution in [0, 0.1) is 6.92 Å². The van der Waals surface area contributed by atoms with Crippen LogP contribution in [-0.2, 0) is 13.1 Å². The normalized spacial score (nSPS) is 14.5. The van der Waals surface area contributed by atoms with Crippen LogP contribution in [0.1, 0.15) is 11.1 Å². The molecule has 0 radical (unpaired) electrons. The molecule has 0 saturated carbocycles. The fourth-order valence-corrected chi connectivity index (χ4v) is 3.43. The molecule has 134 valence electrons. The predicted octanol–water partition coefficient (Wildman–Crippen LogP) is 4.06. The van der Waals surface area contributed by atoms with Gasteiger partial charge in [0.25, 0.3) is 0 Å². The molecule has 0 unspecified atom stereocenters. The third-order valence-electron chi connectivity index (χ3n) is 4.92. The van der Waals surface area contributed by atoms with Crippen molar-refractivity contribution >= 4 is 0 Å². The number of nitrogens with zero attached hydrogens (tertiary/aromatic N) is 2. The monoisotopic (exact) mass is 348 g/mol. The van der Waals surface area contributed by atoms with Gasteiger partial charge in [-0.15, -0.1) is 0 Å². The largest absolute Gasteiger partial charge is 0.504 e. The van der Waals surface area contributed by atoms with Gasteiger partial charge in [-0.3, -0.25) is 4.90 Å². The van der Waals surface area contributed by atoms with Crippen LogP contribution in [0.25, 0.3) is 11.1 Å². The van der Waals surface area contributed by atoms with Gasteiger partial charge in [-0.2, -0.15) is 0 Å². The number of phenolic OH excluding ortho intramolecular Hbond substituents is 1. The highest BCUT2D eigenvalue weighted by atomic mass is 16.5. The molecule has 0 spiro atoms. The average Bonchev–Trinajstić information content (AvgIpc) is 3.07. The van der Waals surface area contributed by atoms with Crippen molar-refractivity contribution in [3.8, 4) is 22.6 Å². The third kappa shape index (κ3) is 3.60. The Hall–Kier alpha value is -2.72. The Morgan fingerprint density at radius 2 is 1.77 bits per heavy atom. The van der Waals surface area contributed by atoms with E-state index in [0.29, 0.717) is 12.4 Å². The molecule has 4 rings (SSSR count). The maximum absolute atomic E-state index is 10.5. The molecule has 4 nitrogen and oxygen atoms in total. The summed E-state index contributed by atoms with van der Waals surface area (Å²) in [5, 5.41) is 10.5. The lowest BCUT2D eigenvalue weighted by molar-refractivity contribution is 0.217. The number of ether oxygens (including phenoxy) is 1. The second-order valence-electron chi connectivity index (χ2n) is 6.90. The molecule has 0 amide bonds. The zero-order chi connectivity index (χ0) is 17.9. The van der Waals surface area contributed by atoms with E-state index in [-0.39, 0.29) is 5.75 Å². The molecule has 0 atom stereocenters. The van der Waals surface area contributed by atoms with Gasteiger partial charge in [0.1, 0.15) is 6.61 Å². The first-order valence-electron chi connectivity index (χ1n) is 9.08. The van der Waals surface area contributed by atoms with Crippen molar-refractivity contribution in [2.75, 3.05) is 19.7 Å². The van der Waals surface area contributed by atoms with Crippen LogP contribution in [0.15, 0.2) is 60.9 Å². The molecule has 1 aromatic heterocycles. The summed E-state index contributed by atoms with van der Waals surface area (Å²) in [5.74, 6) is 0.856. The summed E-state index contributed by atoms with van der Waals surface area (Å²) in [6.45, 7) is 6.21. The molecular formula is C22H24N2O2. The van der Waals surface area contributed by atoms with E-state index in [9.17, 15) is 5.11 Å². The molecule has 0 fully saturated rings. The number of aryl methyl sites for hydroxylation is 1. The molecule has 0 aliphatic carbocycles. The second kappa shape index (κ2) is 7.26. The molecule has 4 heteroatoms. The number of aromatic nitrogens is 1. The van der Waals surface area contributed by atoms with E-state index in [1.165, 1.54) is 5.56 Å². The highest BCUT2D eigenvalue weighted by Gasteiger charge is 2.19. The molecule has 1 aliphatic heterocycles. The fraction of sp³-hybridized carbons (Fsp3) is 0.273. The molecule has 2 heterocycles. The van der Waals surface area contributed by atoms with Crippen molar-refractivity contribution in [3.05, 3.63) is 72.1 Å². The Balaban J connectivity index is 1.58. The fourth-order valence-electron chi connectivity index (χ4n) is 3.43. The minimum Gasteiger partial charge on any atom is -0.504 e. The van der Waals surface area contributed by atoms with Crippen LogP contribution in [-0.4, -0.2) is 34.3 Å². The summed E-state index contributed by atoms with van der Waals surface area (Å²) in [6, 6.07) is 16.4. The number of aromatic hydroxyl groups is 1. The van der Waals surface area contributed by atoms with Gasteiger partial charge in [-0.05, 0) is 42.3 Å². The van der Waals surface area contributed by atoms with E-state index in [4.69, 9.17) is 4.74 Å². The molecule has 1 N–H and O–H groups in total. The number of benzene rings is 2. The summed E-state index contributed by atoms with van der Waals surface area (Å²) in [4.78, 5) is 2.38. The van der Waals surface area contributed by atoms with Crippen molar-refractivity contribution < 1.29 is 9.84 Å². The maximum atomic E-state index is 10.5. The Labute approximate surface area is 154 Å². The SMILES string of the molecule is Cc1ccc(-c2cc(O)c3c(c2)CN(CCn2cccc2)CCO3)cc1. The van der Waals surface area contributed by atoms with E-state index in [1.807, 2.05) is 12.1 Å². The van der Waals surface area contributed by atoms with Gasteiger partial charge in [0.05, 0.1) is 0 Å². The Morgan fingerprint density at radius 3 is 2.54 bits per heavy atom. The molecule has 0 saturated heterocycles. The molecule has 0 bridgehead atoms. The number of phenols is 1. The number of hydrogen-bond acceptors (Lipinski definition) is 3. The summed E-state index contributed by atoms with van der Waals surface area (Å²) in [6.07, 6.45) is 4.17. The van der Waals surface area contributed by atoms with Crippen LogP contribution in [0.4, 0.5) is 0 Å². The van der Waals surface area contributed by atoms with Crippen molar-refractivity contribution in [2.45, 2.75) is 20.0 Å². The maximum Gasteiger partial charge on any atom is 0.165 e. The van der Waals surface area contributed by atoms with Gasteiger partial charge < -0.3 is 14.4 Å². The van der Waals surface area contributed by atoms with Gasteiger partial charge in [-0.25, -0.2) is 0 Å². The van der Waals surface area contributed by atoms with Crippen molar-refractivity contribution in [1.29, 1.82) is 0 Å². The zero-order valence-electron chi connectivity index (χ0n) is 15.1. The standard InChI is InChI=1S/C22H24N2O2/c1-17-4-6-18(7-5-17)19-14-20-16-24(11-10-23-8-2-3-9-23)12-13-26-22(20)21(25)15-19/h2-9,14-15,25H,10-13,16H2,1H3. The molecule has 2 aromatic carbocycles. The third-order valence-corrected chi connectivity index (χ3v) is 4.92. The summed E-state index contributed by atoms with van der Waals surface area (Å²) >= 11 is 0. The second-order valence-corrected chi connectivity index (χ2v) is 6.90. The van der Waals surface area contributed by atoms with Gasteiger partial charge in [0.2, 0.25) is 0 Å². The Kier molecular flexibility index (Phi) is 4.67. The van der Waals surface area contributed by atoms with Crippen LogP contribution in [0.3, 0.4) is 0 Å². The first kappa shape index (κ1) is 16.7. The van der Waals surface area contributed by atoms with Crippen molar-refractivity contribution in [1.82, 2.24) is 9.47 Å². The lowest BCUT2D eigenvalue weighted by Gasteiger charge is -2.20. The molecule has 26 heavy (non-hydrogen) atoms. The quantitative estimate of drug-likeness (QED) is 0.772. The summed E-state index contributed by atoms with van der Waals surface area (Å²) in [7, 11) is 0. The minimum absolute atomic E-state index is 0.227. The summed E-state index contributed by atoms with van der Waals surface area (Å²) in [5.41, 5.74) is 4.41. The van der Waals surface area contributed by atoms with Gasteiger partial charge in [0.15, 0.2) is 11.5 Å². The van der Waals surface area contributed by atoms with E-state index in [0.717, 1.165) is 42.9 Å². The van der Waals surface area contributed by atoms with Gasteiger partial charge >= 0.3 is 0 Å². The van der Waals surface area contributed by atoms with Crippen molar-refractivity contribution in [2.24, 2.45) is 0 Å². The first-order chi connectivity index (χ1) is 12.7. The van der Waals surface area contributed by atoms with Crippen LogP contribution >= 0.6 is 0 Å². The Morgan fingerprint density at radius 1 is 1.00 bits per heavy atom. The minimum atomic E-state index is 0.227. The average molecular weight is 348 g/mol. The topological polar surface area (TPSA) is 37.6 Å². The molecule has 3 aromatic rings. The van der Waals surface area contributed by atoms with E-state index >= 15 is 0 Å². The summed E-state index contributed by atoms with van der Waals surface area (Å²) < 4.78 is 8.05. The van der Waals surface area contributed by atoms with E-state index < -0.39 is 0 Å². The predicted molar refractivity (Wildman–Crippen MR) is 103 cm³/mol. The van der Waals surface area contributed by atoms with E-state index in [1.54, 1.807) is 6.07 Å². The number of fused-ring (bicyclic) bond motifs is 1. The Bertz CT molecular complexity index is 870. The van der Waals surface area contributed by atoms with Crippen LogP contribution in [0.2, 0.25) is 0 Å². The van der Waals surface area contributed by atoms with Crippen molar-refractivity contribution in [3.63, 3.8) is 0 Å². The smallest absolute Gasteiger partial charge is 0.165 e. The zero-order valence-corrected chi connectivity index (χ0v) is 15.1. The number of rotatable bonds is 4. The van der Waals surface area contributed by atoms with Gasteiger partial charge in [0, 0.05) is 44.1 Å². The van der Waals surface area contributed by atoms with Crippen LogP contribution in [0.5, 0.6) is 11.5 Å². The molecular weight excluding hydrogens is 324 g/mol. The first-order valence-corrected chi connectivity index (χ1v) is 9.08. The number of hydrogen-bond donors (Lipinski definition) is 1. The van der Waals surface area contributed by atoms with Crippen LogP contribution < -0.4 is 4.74 Å². The van der Waals surface area contributed by atoms with E-state index in [2.05, 4.69) is 59.1 Å². The molecule has 1 aliphatic rings. The highest BCUT2D eigenvalue weighted by molar-refractivity contribution is 5.69.